The summed E-state index contributed by atoms with van der Waals surface area (Å²) < 4.78 is 0. The topological polar surface area (TPSA) is 43.1 Å². The maximum absolute atomic E-state index is 9.47. The first kappa shape index (κ1) is 9.28. The second-order valence-corrected chi connectivity index (χ2v) is 0.606. The SMILES string of the molecule is C=CC(N)=O.[Ga]. The van der Waals surface area contributed by atoms with Gasteiger partial charge in [-0.3, -0.25) is 4.79 Å². The first-order valence-electron chi connectivity index (χ1n) is 1.19. The van der Waals surface area contributed by atoms with Gasteiger partial charge in [-0.05, 0) is 6.08 Å². The van der Waals surface area contributed by atoms with Crippen molar-refractivity contribution in [2.45, 2.75) is 0 Å². The van der Waals surface area contributed by atoms with Crippen molar-refractivity contribution < 1.29 is 4.79 Å². The van der Waals surface area contributed by atoms with Crippen LogP contribution in [0.2, 0.25) is 0 Å². The molecule has 0 spiro atoms. The average Bonchev–Trinajstić information content (AvgIpc) is 1.38. The Bertz CT molecular complexity index is 61.8. The van der Waals surface area contributed by atoms with Crippen molar-refractivity contribution in [3.63, 3.8) is 0 Å². The summed E-state index contributed by atoms with van der Waals surface area (Å²) >= 11 is 0. The molecule has 0 heterocycles. The fraction of sp³-hybridized carbons (Fsp3) is 0. The molecular weight excluding hydrogens is 136 g/mol. The molecule has 6 heavy (non-hydrogen) atoms. The molecule has 0 aliphatic heterocycles. The molecule has 0 atom stereocenters. The largest absolute Gasteiger partial charge is 0.366 e. The summed E-state index contributed by atoms with van der Waals surface area (Å²) in [5.74, 6) is -0.481. The molecule has 0 unspecified atom stereocenters. The minimum absolute atomic E-state index is 0. The number of carbonyl (C=O) groups excluding carboxylic acids is 1. The summed E-state index contributed by atoms with van der Waals surface area (Å²) in [6, 6.07) is 0. The van der Waals surface area contributed by atoms with Crippen LogP contribution in [0, 0.1) is 0 Å². The third-order valence-electron chi connectivity index (χ3n) is 0.201. The summed E-state index contributed by atoms with van der Waals surface area (Å²) in [5, 5.41) is 0. The number of rotatable bonds is 1. The molecule has 3 heteroatoms. The van der Waals surface area contributed by atoms with E-state index in [1.54, 1.807) is 0 Å². The molecule has 0 aliphatic rings. The molecule has 0 rings (SSSR count). The van der Waals surface area contributed by atoms with Crippen molar-refractivity contribution in [1.29, 1.82) is 0 Å². The van der Waals surface area contributed by atoms with Crippen LogP contribution >= 0.6 is 0 Å². The summed E-state index contributed by atoms with van der Waals surface area (Å²) in [6.07, 6.45) is 1.06. The molecule has 0 saturated carbocycles. The predicted molar refractivity (Wildman–Crippen MR) is 25.1 cm³/mol. The first-order chi connectivity index (χ1) is 2.27. The van der Waals surface area contributed by atoms with Gasteiger partial charge in [0, 0.05) is 19.8 Å². The van der Waals surface area contributed by atoms with E-state index in [1.807, 2.05) is 0 Å². The zero-order valence-electron chi connectivity index (χ0n) is 3.35. The van der Waals surface area contributed by atoms with Gasteiger partial charge in [-0.2, -0.15) is 0 Å². The van der Waals surface area contributed by atoms with Crippen molar-refractivity contribution in [1.82, 2.24) is 0 Å². The van der Waals surface area contributed by atoms with Crippen LogP contribution in [-0.2, 0) is 4.79 Å². The third kappa shape index (κ3) is 9.14. The number of carbonyl (C=O) groups is 1. The normalized spacial score (nSPS) is 5.33. The van der Waals surface area contributed by atoms with Gasteiger partial charge in [0.1, 0.15) is 0 Å². The van der Waals surface area contributed by atoms with Crippen molar-refractivity contribution in [3.05, 3.63) is 12.7 Å². The fourth-order valence-electron chi connectivity index (χ4n) is 0. The van der Waals surface area contributed by atoms with E-state index in [9.17, 15) is 4.79 Å². The molecule has 2 nitrogen and oxygen atoms in total. The molecular formula is C3H5GaNO. The minimum Gasteiger partial charge on any atom is -0.366 e. The molecule has 3 radical (unpaired) electrons. The van der Waals surface area contributed by atoms with Crippen LogP contribution in [0.1, 0.15) is 0 Å². The summed E-state index contributed by atoms with van der Waals surface area (Å²) in [5.41, 5.74) is 4.53. The number of primary amides is 1. The van der Waals surface area contributed by atoms with E-state index < -0.39 is 5.91 Å². The zero-order valence-corrected chi connectivity index (χ0v) is 5.77. The Hall–Kier alpha value is -0.154. The van der Waals surface area contributed by atoms with Crippen molar-refractivity contribution in [2.24, 2.45) is 5.73 Å². The van der Waals surface area contributed by atoms with E-state index in [0.717, 1.165) is 6.08 Å². The molecule has 0 aromatic rings. The quantitative estimate of drug-likeness (QED) is 0.379. The van der Waals surface area contributed by atoms with Crippen LogP contribution in [0.25, 0.3) is 0 Å². The maximum Gasteiger partial charge on any atom is 0.240 e. The van der Waals surface area contributed by atoms with Crippen molar-refractivity contribution in [3.8, 4) is 0 Å². The van der Waals surface area contributed by atoms with Crippen LogP contribution in [-0.4, -0.2) is 25.7 Å². The second-order valence-electron chi connectivity index (χ2n) is 0.606. The summed E-state index contributed by atoms with van der Waals surface area (Å²) in [7, 11) is 0. The molecule has 0 aromatic carbocycles. The van der Waals surface area contributed by atoms with Crippen molar-refractivity contribution in [2.75, 3.05) is 0 Å². The van der Waals surface area contributed by atoms with Gasteiger partial charge < -0.3 is 5.73 Å². The van der Waals surface area contributed by atoms with Gasteiger partial charge in [0.2, 0.25) is 5.91 Å². The third-order valence-corrected chi connectivity index (χ3v) is 0.201. The van der Waals surface area contributed by atoms with Gasteiger partial charge in [0.15, 0.2) is 0 Å². The molecule has 0 fully saturated rings. The molecule has 0 saturated heterocycles. The van der Waals surface area contributed by atoms with E-state index in [0.29, 0.717) is 0 Å². The maximum atomic E-state index is 9.47. The standard InChI is InChI=1S/C3H5NO.Ga/c1-2-3(4)5;/h2H,1H2,(H2,4,5);. The predicted octanol–water partition coefficient (Wildman–Crippen LogP) is -0.723. The van der Waals surface area contributed by atoms with Gasteiger partial charge in [0.25, 0.3) is 0 Å². The second kappa shape index (κ2) is 4.85. The average molecular weight is 141 g/mol. The van der Waals surface area contributed by atoms with Crippen LogP contribution in [0.4, 0.5) is 0 Å². The van der Waals surface area contributed by atoms with E-state index in [4.69, 9.17) is 0 Å². The Morgan fingerprint density at radius 3 is 2.00 bits per heavy atom. The summed E-state index contributed by atoms with van der Waals surface area (Å²) in [4.78, 5) is 9.47. The molecule has 0 aromatic heterocycles. The first-order valence-corrected chi connectivity index (χ1v) is 1.19. The van der Waals surface area contributed by atoms with E-state index in [2.05, 4.69) is 12.3 Å². The van der Waals surface area contributed by atoms with Gasteiger partial charge >= 0.3 is 0 Å². The monoisotopic (exact) mass is 140 g/mol. The molecule has 0 bridgehead atoms. The molecule has 1 amide bonds. The Kier molecular flexibility index (Phi) is 7.50. The smallest absolute Gasteiger partial charge is 0.240 e. The Labute approximate surface area is 49.5 Å². The Balaban J connectivity index is 0. The number of amides is 1. The van der Waals surface area contributed by atoms with Gasteiger partial charge in [0.05, 0.1) is 0 Å². The van der Waals surface area contributed by atoms with Gasteiger partial charge in [-0.15, -0.1) is 0 Å². The van der Waals surface area contributed by atoms with Gasteiger partial charge in [-0.25, -0.2) is 0 Å². The fourth-order valence-corrected chi connectivity index (χ4v) is 0. The minimum atomic E-state index is -0.481. The molecule has 2 N–H and O–H groups in total. The zero-order chi connectivity index (χ0) is 4.28. The van der Waals surface area contributed by atoms with E-state index in [-0.39, 0.29) is 19.8 Å². The molecule has 31 valence electrons. The van der Waals surface area contributed by atoms with Crippen LogP contribution in [0.3, 0.4) is 0 Å². The Morgan fingerprint density at radius 1 is 1.83 bits per heavy atom. The van der Waals surface area contributed by atoms with E-state index >= 15 is 0 Å². The number of hydrogen-bond donors (Lipinski definition) is 1. The number of hydrogen-bond acceptors (Lipinski definition) is 1. The van der Waals surface area contributed by atoms with Crippen LogP contribution in [0.5, 0.6) is 0 Å². The van der Waals surface area contributed by atoms with E-state index in [1.165, 1.54) is 0 Å². The van der Waals surface area contributed by atoms with Crippen LogP contribution < -0.4 is 5.73 Å². The Morgan fingerprint density at radius 2 is 2.00 bits per heavy atom. The number of nitrogens with two attached hydrogens (primary N) is 1. The molecule has 0 aliphatic carbocycles. The van der Waals surface area contributed by atoms with Gasteiger partial charge in [-0.1, -0.05) is 6.58 Å². The summed E-state index contributed by atoms with van der Waals surface area (Å²) in [6.45, 7) is 3.09. The van der Waals surface area contributed by atoms with Crippen molar-refractivity contribution >= 4 is 25.7 Å². The van der Waals surface area contributed by atoms with Crippen LogP contribution in [0.15, 0.2) is 12.7 Å².